The van der Waals surface area contributed by atoms with E-state index in [9.17, 15) is 4.79 Å². The monoisotopic (exact) mass is 372 g/mol. The molecule has 7 heteroatoms. The molecule has 148 valence electrons. The van der Waals surface area contributed by atoms with Crippen LogP contribution in [0.1, 0.15) is 15.9 Å². The van der Waals surface area contributed by atoms with Crippen LogP contribution in [0.4, 0.5) is 0 Å². The maximum Gasteiger partial charge on any atom is 0.253 e. The zero-order valence-corrected chi connectivity index (χ0v) is 16.7. The molecule has 1 atom stereocenters. The Kier molecular flexibility index (Phi) is 6.68. The van der Waals surface area contributed by atoms with Crippen LogP contribution >= 0.6 is 0 Å². The van der Waals surface area contributed by atoms with Crippen LogP contribution in [-0.4, -0.2) is 99.6 Å². The Hall–Kier alpha value is -2.12. The van der Waals surface area contributed by atoms with Crippen LogP contribution in [0.3, 0.4) is 0 Å². The van der Waals surface area contributed by atoms with Gasteiger partial charge in [-0.05, 0) is 24.1 Å². The zero-order valence-electron chi connectivity index (χ0n) is 16.7. The van der Waals surface area contributed by atoms with Crippen molar-refractivity contribution in [1.29, 1.82) is 0 Å². The van der Waals surface area contributed by atoms with Crippen LogP contribution in [0.25, 0.3) is 0 Å². The van der Waals surface area contributed by atoms with Gasteiger partial charge < -0.3 is 15.5 Å². The van der Waals surface area contributed by atoms with Crippen molar-refractivity contribution in [2.45, 2.75) is 12.5 Å². The molecule has 4 rings (SSSR count). The molecule has 0 saturated carbocycles. The number of amides is 1. The van der Waals surface area contributed by atoms with Gasteiger partial charge in [0.1, 0.15) is 0 Å². The summed E-state index contributed by atoms with van der Waals surface area (Å²) in [6.07, 6.45) is 0.846. The number of piperazine rings is 3. The average Bonchev–Trinajstić information content (AvgIpc) is 2.71. The fraction of sp³-hybridized carbons (Fsp3) is 0.600. The summed E-state index contributed by atoms with van der Waals surface area (Å²) in [4.78, 5) is 23.2. The van der Waals surface area contributed by atoms with Crippen molar-refractivity contribution in [1.82, 2.24) is 25.3 Å². The van der Waals surface area contributed by atoms with Gasteiger partial charge in [-0.1, -0.05) is 12.1 Å². The van der Waals surface area contributed by atoms with Crippen molar-refractivity contribution in [3.8, 4) is 0 Å². The number of rotatable bonds is 6. The van der Waals surface area contributed by atoms with Gasteiger partial charge in [0.15, 0.2) is 5.96 Å². The van der Waals surface area contributed by atoms with Crippen molar-refractivity contribution < 1.29 is 4.79 Å². The van der Waals surface area contributed by atoms with Gasteiger partial charge in [0.2, 0.25) is 0 Å². The number of benzene rings is 1. The fourth-order valence-corrected chi connectivity index (χ4v) is 3.80. The van der Waals surface area contributed by atoms with Crippen LogP contribution in [-0.2, 0) is 6.42 Å². The van der Waals surface area contributed by atoms with E-state index >= 15 is 0 Å². The highest BCUT2D eigenvalue weighted by molar-refractivity contribution is 5.94. The van der Waals surface area contributed by atoms with Gasteiger partial charge in [-0.15, -0.1) is 0 Å². The molecule has 27 heavy (non-hydrogen) atoms. The number of aliphatic imine (C=N–C) groups is 1. The lowest BCUT2D eigenvalue weighted by atomic mass is 10.1. The maximum absolute atomic E-state index is 12.1. The highest BCUT2D eigenvalue weighted by Crippen LogP contribution is 2.14. The number of guanidine groups is 1. The lowest BCUT2D eigenvalue weighted by Crippen LogP contribution is -2.63. The minimum absolute atomic E-state index is 0.0369. The van der Waals surface area contributed by atoms with Crippen LogP contribution in [0, 0.1) is 0 Å². The Labute approximate surface area is 162 Å². The molecule has 3 heterocycles. The number of carbonyl (C=O) groups is 1. The van der Waals surface area contributed by atoms with E-state index in [0.717, 1.165) is 43.1 Å². The molecule has 2 bridgehead atoms. The number of fused-ring (bicyclic) bond motifs is 3. The maximum atomic E-state index is 12.1. The number of carbonyl (C=O) groups excluding carboxylic acids is 1. The number of hydrogen-bond donors (Lipinski definition) is 2. The molecule has 0 spiro atoms. The minimum atomic E-state index is 0.0369. The average molecular weight is 373 g/mol. The van der Waals surface area contributed by atoms with Crippen molar-refractivity contribution in [2.24, 2.45) is 4.99 Å². The van der Waals surface area contributed by atoms with Gasteiger partial charge in [-0.2, -0.15) is 0 Å². The van der Waals surface area contributed by atoms with E-state index in [0.29, 0.717) is 6.04 Å². The van der Waals surface area contributed by atoms with E-state index in [1.54, 1.807) is 19.0 Å². The first-order chi connectivity index (χ1) is 13.1. The quantitative estimate of drug-likeness (QED) is 0.548. The molecule has 1 aromatic carbocycles. The van der Waals surface area contributed by atoms with Gasteiger partial charge in [0.05, 0.1) is 0 Å². The molecule has 3 aliphatic rings. The lowest BCUT2D eigenvalue weighted by molar-refractivity contribution is 0.0154. The van der Waals surface area contributed by atoms with Crippen LogP contribution in [0.5, 0.6) is 0 Å². The molecule has 3 aliphatic heterocycles. The first-order valence-corrected chi connectivity index (χ1v) is 9.78. The van der Waals surface area contributed by atoms with Gasteiger partial charge in [-0.25, -0.2) is 0 Å². The molecule has 1 unspecified atom stereocenters. The summed E-state index contributed by atoms with van der Waals surface area (Å²) in [5.41, 5.74) is 1.88. The van der Waals surface area contributed by atoms with E-state index in [1.807, 2.05) is 25.2 Å². The van der Waals surface area contributed by atoms with Gasteiger partial charge in [0, 0.05) is 78.6 Å². The van der Waals surface area contributed by atoms with Crippen molar-refractivity contribution in [3.63, 3.8) is 0 Å². The predicted octanol–water partition coefficient (Wildman–Crippen LogP) is 0.0957. The van der Waals surface area contributed by atoms with Crippen LogP contribution in [0.2, 0.25) is 0 Å². The SMILES string of the molecule is CN=C(NCCc1cccc(C(=O)N(C)C)c1)NCC1CN2CCN1CC2. The zero-order chi connectivity index (χ0) is 19.2. The van der Waals surface area contributed by atoms with Crippen LogP contribution in [0.15, 0.2) is 29.3 Å². The lowest BCUT2D eigenvalue weighted by Gasteiger charge is -2.47. The largest absolute Gasteiger partial charge is 0.356 e. The number of nitrogens with zero attached hydrogens (tertiary/aromatic N) is 4. The third-order valence-corrected chi connectivity index (χ3v) is 5.41. The smallest absolute Gasteiger partial charge is 0.253 e. The van der Waals surface area contributed by atoms with Gasteiger partial charge >= 0.3 is 0 Å². The molecular formula is C20H32N6O. The number of hydrogen-bond acceptors (Lipinski definition) is 4. The summed E-state index contributed by atoms with van der Waals surface area (Å²) in [6.45, 7) is 7.62. The van der Waals surface area contributed by atoms with Gasteiger partial charge in [-0.3, -0.25) is 19.6 Å². The Balaban J connectivity index is 1.43. The predicted molar refractivity (Wildman–Crippen MR) is 109 cm³/mol. The molecule has 0 aromatic heterocycles. The summed E-state index contributed by atoms with van der Waals surface area (Å²) in [6, 6.07) is 8.41. The normalized spacial score (nSPS) is 24.6. The summed E-state index contributed by atoms with van der Waals surface area (Å²) >= 11 is 0. The van der Waals surface area contributed by atoms with E-state index < -0.39 is 0 Å². The highest BCUT2D eigenvalue weighted by Gasteiger charge is 2.31. The second kappa shape index (κ2) is 9.19. The first kappa shape index (κ1) is 19.6. The standard InChI is InChI=1S/C20H32N6O/c1-21-20(23-14-18-15-25-9-11-26(18)12-10-25)22-8-7-16-5-4-6-17(13-16)19(27)24(2)3/h4-6,13,18H,7-12,14-15H2,1-3H3,(H2,21,22,23). The molecule has 0 radical (unpaired) electrons. The summed E-state index contributed by atoms with van der Waals surface area (Å²) in [7, 11) is 5.36. The summed E-state index contributed by atoms with van der Waals surface area (Å²) < 4.78 is 0. The molecule has 1 amide bonds. The van der Waals surface area contributed by atoms with Crippen molar-refractivity contribution in [3.05, 3.63) is 35.4 Å². The van der Waals surface area contributed by atoms with E-state index in [2.05, 4.69) is 31.5 Å². The molecule has 3 fully saturated rings. The molecule has 1 aromatic rings. The van der Waals surface area contributed by atoms with Gasteiger partial charge in [0.25, 0.3) is 5.91 Å². The van der Waals surface area contributed by atoms with Crippen molar-refractivity contribution in [2.75, 3.05) is 67.0 Å². The molecular weight excluding hydrogens is 340 g/mol. The topological polar surface area (TPSA) is 63.2 Å². The second-order valence-corrected chi connectivity index (χ2v) is 7.52. The Morgan fingerprint density at radius 1 is 1.22 bits per heavy atom. The molecule has 3 saturated heterocycles. The minimum Gasteiger partial charge on any atom is -0.356 e. The third-order valence-electron chi connectivity index (χ3n) is 5.41. The Bertz CT molecular complexity index is 666. The molecule has 7 nitrogen and oxygen atoms in total. The highest BCUT2D eigenvalue weighted by atomic mass is 16.2. The summed E-state index contributed by atoms with van der Waals surface area (Å²) in [5.74, 6) is 0.878. The second-order valence-electron chi connectivity index (χ2n) is 7.52. The number of nitrogens with one attached hydrogen (secondary N) is 2. The van der Waals surface area contributed by atoms with E-state index in [-0.39, 0.29) is 5.91 Å². The third kappa shape index (κ3) is 5.20. The van der Waals surface area contributed by atoms with Crippen molar-refractivity contribution >= 4 is 11.9 Å². The Morgan fingerprint density at radius 2 is 2.00 bits per heavy atom. The molecule has 0 aliphatic carbocycles. The van der Waals surface area contributed by atoms with E-state index in [4.69, 9.17) is 0 Å². The summed E-state index contributed by atoms with van der Waals surface area (Å²) in [5, 5.41) is 6.85. The molecule has 2 N–H and O–H groups in total. The van der Waals surface area contributed by atoms with E-state index in [1.165, 1.54) is 26.2 Å². The first-order valence-electron chi connectivity index (χ1n) is 9.78. The Morgan fingerprint density at radius 3 is 2.63 bits per heavy atom. The fourth-order valence-electron chi connectivity index (χ4n) is 3.80. The van der Waals surface area contributed by atoms with Crippen LogP contribution < -0.4 is 10.6 Å².